The van der Waals surface area contributed by atoms with Crippen molar-refractivity contribution in [3.05, 3.63) is 36.2 Å². The summed E-state index contributed by atoms with van der Waals surface area (Å²) in [7, 11) is 0. The lowest BCUT2D eigenvalue weighted by atomic mass is 10.1. The summed E-state index contributed by atoms with van der Waals surface area (Å²) >= 11 is 0. The minimum absolute atomic E-state index is 0.187. The van der Waals surface area contributed by atoms with Gasteiger partial charge in [-0.2, -0.15) is 5.10 Å². The Morgan fingerprint density at radius 3 is 2.60 bits per heavy atom. The molecule has 2 fully saturated rings. The number of rotatable bonds is 5. The molecule has 5 heteroatoms. The molecule has 0 saturated heterocycles. The lowest BCUT2D eigenvalue weighted by Gasteiger charge is -2.13. The van der Waals surface area contributed by atoms with E-state index in [2.05, 4.69) is 21.0 Å². The highest BCUT2D eigenvalue weighted by atomic mass is 16.1. The van der Waals surface area contributed by atoms with Crippen molar-refractivity contribution in [3.8, 4) is 11.4 Å². The molecule has 0 aliphatic heterocycles. The SMILES string of the molecule is O=C(NCc1cc(-c2ccccn2)n(C2CCCC2)n1)C1CCCC1. The van der Waals surface area contributed by atoms with E-state index in [1.54, 1.807) is 0 Å². The van der Waals surface area contributed by atoms with Crippen LogP contribution < -0.4 is 5.32 Å². The van der Waals surface area contributed by atoms with Crippen LogP contribution in [0.5, 0.6) is 0 Å². The zero-order valence-corrected chi connectivity index (χ0v) is 14.7. The molecule has 2 saturated carbocycles. The Bertz CT molecular complexity index is 713. The first-order chi connectivity index (χ1) is 12.3. The van der Waals surface area contributed by atoms with E-state index in [4.69, 9.17) is 5.10 Å². The molecule has 2 aliphatic carbocycles. The summed E-state index contributed by atoms with van der Waals surface area (Å²) < 4.78 is 2.15. The second-order valence-electron chi connectivity index (χ2n) is 7.32. The molecule has 0 radical (unpaired) electrons. The Balaban J connectivity index is 1.53. The fraction of sp³-hybridized carbons (Fsp3) is 0.550. The average molecular weight is 338 g/mol. The molecule has 1 N–H and O–H groups in total. The summed E-state index contributed by atoms with van der Waals surface area (Å²) in [4.78, 5) is 16.8. The van der Waals surface area contributed by atoms with E-state index in [-0.39, 0.29) is 11.8 Å². The summed E-state index contributed by atoms with van der Waals surface area (Å²) in [5.41, 5.74) is 2.95. The maximum absolute atomic E-state index is 12.3. The molecule has 0 spiro atoms. The highest BCUT2D eigenvalue weighted by Crippen LogP contribution is 2.33. The Morgan fingerprint density at radius 1 is 1.12 bits per heavy atom. The summed E-state index contributed by atoms with van der Waals surface area (Å²) in [6, 6.07) is 8.52. The van der Waals surface area contributed by atoms with E-state index in [9.17, 15) is 4.79 Å². The monoisotopic (exact) mass is 338 g/mol. The second-order valence-corrected chi connectivity index (χ2v) is 7.32. The van der Waals surface area contributed by atoms with E-state index in [0.29, 0.717) is 12.6 Å². The maximum atomic E-state index is 12.3. The van der Waals surface area contributed by atoms with Gasteiger partial charge in [0.05, 0.1) is 29.7 Å². The molecule has 132 valence electrons. The number of carbonyl (C=O) groups is 1. The Kier molecular flexibility index (Phi) is 4.81. The van der Waals surface area contributed by atoms with E-state index in [0.717, 1.165) is 29.9 Å². The molecular weight excluding hydrogens is 312 g/mol. The normalized spacial score (nSPS) is 18.7. The van der Waals surface area contributed by atoms with E-state index in [1.807, 2.05) is 24.4 Å². The van der Waals surface area contributed by atoms with Crippen LogP contribution in [0.2, 0.25) is 0 Å². The highest BCUT2D eigenvalue weighted by molar-refractivity contribution is 5.78. The third-order valence-corrected chi connectivity index (χ3v) is 5.55. The number of carbonyl (C=O) groups excluding carboxylic acids is 1. The number of hydrogen-bond acceptors (Lipinski definition) is 3. The van der Waals surface area contributed by atoms with Crippen LogP contribution in [-0.4, -0.2) is 20.7 Å². The standard InChI is InChI=1S/C20H26N4O/c25-20(15-7-1-2-8-15)22-14-16-13-19(18-11-5-6-12-21-18)24(23-16)17-9-3-4-10-17/h5-6,11-13,15,17H,1-4,7-10,14H2,(H,22,25). The number of aromatic nitrogens is 3. The van der Waals surface area contributed by atoms with Crippen molar-refractivity contribution in [2.75, 3.05) is 0 Å². The summed E-state index contributed by atoms with van der Waals surface area (Å²) in [5, 5.41) is 7.92. The largest absolute Gasteiger partial charge is 0.350 e. The first-order valence-corrected chi connectivity index (χ1v) is 9.59. The summed E-state index contributed by atoms with van der Waals surface area (Å²) in [6.07, 6.45) is 11.1. The van der Waals surface area contributed by atoms with Crippen LogP contribution in [0.1, 0.15) is 63.1 Å². The van der Waals surface area contributed by atoms with Gasteiger partial charge in [0.2, 0.25) is 5.91 Å². The van der Waals surface area contributed by atoms with E-state index in [1.165, 1.54) is 38.5 Å². The van der Waals surface area contributed by atoms with Crippen LogP contribution in [0.4, 0.5) is 0 Å². The molecular formula is C20H26N4O. The van der Waals surface area contributed by atoms with Gasteiger partial charge in [-0.1, -0.05) is 31.7 Å². The van der Waals surface area contributed by atoms with Gasteiger partial charge in [-0.15, -0.1) is 0 Å². The zero-order valence-electron chi connectivity index (χ0n) is 14.7. The highest BCUT2D eigenvalue weighted by Gasteiger charge is 2.24. The number of nitrogens with one attached hydrogen (secondary N) is 1. The minimum atomic E-state index is 0.187. The molecule has 4 rings (SSSR count). The molecule has 2 heterocycles. The van der Waals surface area contributed by atoms with Crippen LogP contribution in [0, 0.1) is 5.92 Å². The molecule has 5 nitrogen and oxygen atoms in total. The first kappa shape index (κ1) is 16.3. The predicted octanol–water partition coefficient (Wildman–Crippen LogP) is 3.87. The lowest BCUT2D eigenvalue weighted by Crippen LogP contribution is -2.29. The summed E-state index contributed by atoms with van der Waals surface area (Å²) in [5.74, 6) is 0.388. The van der Waals surface area contributed by atoms with Gasteiger partial charge in [-0.05, 0) is 43.9 Å². The fourth-order valence-corrected chi connectivity index (χ4v) is 4.17. The molecule has 0 bridgehead atoms. The van der Waals surface area contributed by atoms with Crippen molar-refractivity contribution in [2.24, 2.45) is 5.92 Å². The van der Waals surface area contributed by atoms with Crippen LogP contribution in [-0.2, 0) is 11.3 Å². The van der Waals surface area contributed by atoms with Gasteiger partial charge < -0.3 is 5.32 Å². The van der Waals surface area contributed by atoms with Gasteiger partial charge in [0.1, 0.15) is 0 Å². The Hall–Kier alpha value is -2.17. The molecule has 2 aromatic heterocycles. The minimum Gasteiger partial charge on any atom is -0.350 e. The number of amides is 1. The third kappa shape index (κ3) is 3.60. The number of nitrogens with zero attached hydrogens (tertiary/aromatic N) is 3. The van der Waals surface area contributed by atoms with Crippen molar-refractivity contribution >= 4 is 5.91 Å². The molecule has 0 atom stereocenters. The third-order valence-electron chi connectivity index (χ3n) is 5.55. The second kappa shape index (κ2) is 7.38. The molecule has 2 aliphatic rings. The quantitative estimate of drug-likeness (QED) is 0.900. The number of pyridine rings is 1. The van der Waals surface area contributed by atoms with Crippen molar-refractivity contribution in [1.29, 1.82) is 0 Å². The van der Waals surface area contributed by atoms with Crippen LogP contribution in [0.25, 0.3) is 11.4 Å². The van der Waals surface area contributed by atoms with Gasteiger partial charge >= 0.3 is 0 Å². The molecule has 0 unspecified atom stereocenters. The van der Waals surface area contributed by atoms with Gasteiger partial charge in [0.25, 0.3) is 0 Å². The fourth-order valence-electron chi connectivity index (χ4n) is 4.17. The van der Waals surface area contributed by atoms with Gasteiger partial charge in [0, 0.05) is 12.1 Å². The Morgan fingerprint density at radius 2 is 1.88 bits per heavy atom. The van der Waals surface area contributed by atoms with Gasteiger partial charge in [-0.3, -0.25) is 14.5 Å². The van der Waals surface area contributed by atoms with Gasteiger partial charge in [0.15, 0.2) is 0 Å². The molecule has 2 aromatic rings. The zero-order chi connectivity index (χ0) is 17.1. The van der Waals surface area contributed by atoms with E-state index >= 15 is 0 Å². The van der Waals surface area contributed by atoms with Crippen LogP contribution in [0.3, 0.4) is 0 Å². The lowest BCUT2D eigenvalue weighted by molar-refractivity contribution is -0.124. The van der Waals surface area contributed by atoms with Crippen molar-refractivity contribution in [2.45, 2.75) is 64.0 Å². The van der Waals surface area contributed by atoms with Crippen LogP contribution in [0.15, 0.2) is 30.5 Å². The molecule has 1 amide bonds. The molecule has 25 heavy (non-hydrogen) atoms. The van der Waals surface area contributed by atoms with Crippen molar-refractivity contribution in [3.63, 3.8) is 0 Å². The first-order valence-electron chi connectivity index (χ1n) is 9.59. The number of hydrogen-bond donors (Lipinski definition) is 1. The maximum Gasteiger partial charge on any atom is 0.223 e. The molecule has 0 aromatic carbocycles. The topological polar surface area (TPSA) is 59.8 Å². The predicted molar refractivity (Wildman–Crippen MR) is 96.8 cm³/mol. The average Bonchev–Trinajstić information content (AvgIpc) is 3.41. The Labute approximate surface area is 148 Å². The smallest absolute Gasteiger partial charge is 0.223 e. The van der Waals surface area contributed by atoms with E-state index < -0.39 is 0 Å². The van der Waals surface area contributed by atoms with Crippen molar-refractivity contribution < 1.29 is 4.79 Å². The van der Waals surface area contributed by atoms with Crippen LogP contribution >= 0.6 is 0 Å². The summed E-state index contributed by atoms with van der Waals surface area (Å²) in [6.45, 7) is 0.509. The van der Waals surface area contributed by atoms with Crippen molar-refractivity contribution in [1.82, 2.24) is 20.1 Å². The van der Waals surface area contributed by atoms with Gasteiger partial charge in [-0.25, -0.2) is 0 Å².